The van der Waals surface area contributed by atoms with Crippen LogP contribution in [-0.4, -0.2) is 11.5 Å². The second kappa shape index (κ2) is 4.77. The highest BCUT2D eigenvalue weighted by atomic mass is 19.1. The molecule has 0 atom stereocenters. The quantitative estimate of drug-likeness (QED) is 0.644. The number of hydrogen-bond acceptors (Lipinski definition) is 3. The van der Waals surface area contributed by atoms with Crippen LogP contribution < -0.4 is 5.32 Å². The molecule has 1 aromatic carbocycles. The van der Waals surface area contributed by atoms with Gasteiger partial charge in [0.1, 0.15) is 5.82 Å². The first-order chi connectivity index (χ1) is 9.52. The predicted octanol–water partition coefficient (Wildman–Crippen LogP) is 3.15. The number of nitrogens with one attached hydrogen (secondary N) is 1. The minimum atomic E-state index is -1.13. The van der Waals surface area contributed by atoms with Gasteiger partial charge in [0, 0.05) is 30.8 Å². The molecule has 2 aliphatic rings. The number of nitro groups is 1. The predicted molar refractivity (Wildman–Crippen MR) is 69.1 cm³/mol. The van der Waals surface area contributed by atoms with Gasteiger partial charge in [-0.3, -0.25) is 10.1 Å². The van der Waals surface area contributed by atoms with E-state index in [0.717, 1.165) is 18.5 Å². The maximum absolute atomic E-state index is 13.6. The fourth-order valence-corrected chi connectivity index (χ4v) is 2.89. The van der Waals surface area contributed by atoms with E-state index >= 15 is 0 Å². The van der Waals surface area contributed by atoms with Gasteiger partial charge in [-0.1, -0.05) is 0 Å². The molecule has 0 unspecified atom stereocenters. The Bertz CT molecular complexity index is 554. The Labute approximate surface area is 115 Å². The van der Waals surface area contributed by atoms with Gasteiger partial charge in [0.2, 0.25) is 5.82 Å². The molecule has 0 radical (unpaired) electrons. The van der Waals surface area contributed by atoms with E-state index in [1.807, 2.05) is 0 Å². The molecule has 2 saturated carbocycles. The maximum Gasteiger partial charge on any atom is 0.305 e. The Morgan fingerprint density at radius 1 is 1.30 bits per heavy atom. The molecule has 6 heteroatoms. The fourth-order valence-electron chi connectivity index (χ4n) is 2.89. The number of nitro benzene ring substituents is 1. The van der Waals surface area contributed by atoms with Crippen molar-refractivity contribution < 1.29 is 13.7 Å². The first-order valence-electron chi connectivity index (χ1n) is 6.85. The van der Waals surface area contributed by atoms with Gasteiger partial charge in [-0.25, -0.2) is 4.39 Å². The van der Waals surface area contributed by atoms with E-state index in [2.05, 4.69) is 5.32 Å². The molecule has 0 saturated heterocycles. The van der Waals surface area contributed by atoms with Crippen LogP contribution in [0.25, 0.3) is 0 Å². The van der Waals surface area contributed by atoms with Crippen molar-refractivity contribution in [3.05, 3.63) is 39.4 Å². The smallest absolute Gasteiger partial charge is 0.305 e. The van der Waals surface area contributed by atoms with Gasteiger partial charge in [0.25, 0.3) is 0 Å². The van der Waals surface area contributed by atoms with Crippen LogP contribution in [0.3, 0.4) is 0 Å². The third-order valence-corrected chi connectivity index (χ3v) is 4.44. The summed E-state index contributed by atoms with van der Waals surface area (Å²) in [6, 6.07) is 1.57. The summed E-state index contributed by atoms with van der Waals surface area (Å²) < 4.78 is 26.8. The average molecular weight is 282 g/mol. The van der Waals surface area contributed by atoms with Gasteiger partial charge in [0.05, 0.1) is 4.92 Å². The molecule has 20 heavy (non-hydrogen) atoms. The summed E-state index contributed by atoms with van der Waals surface area (Å²) in [5.41, 5.74) is -0.154. The Morgan fingerprint density at radius 2 is 2.00 bits per heavy atom. The van der Waals surface area contributed by atoms with E-state index in [1.165, 1.54) is 25.7 Å². The molecule has 0 bridgehead atoms. The Hall–Kier alpha value is -1.56. The lowest BCUT2D eigenvalue weighted by Crippen LogP contribution is -2.25. The molecule has 2 aliphatic carbocycles. The normalized spacial score (nSPS) is 19.9. The molecular formula is C14H16F2N2O2. The van der Waals surface area contributed by atoms with Crippen LogP contribution in [0, 0.1) is 33.1 Å². The van der Waals surface area contributed by atoms with Crippen molar-refractivity contribution in [2.75, 3.05) is 6.54 Å². The summed E-state index contributed by atoms with van der Waals surface area (Å²) in [7, 11) is 0. The molecule has 0 aromatic heterocycles. The molecule has 0 amide bonds. The standard InChI is InChI=1S/C14H16F2N2O2/c15-11-6-12(16)13(18(19)20)5-9(11)7-17-8-14(3-4-14)10-1-2-10/h5-6,10,17H,1-4,7-8H2. The molecule has 0 heterocycles. The molecule has 4 nitrogen and oxygen atoms in total. The summed E-state index contributed by atoms with van der Waals surface area (Å²) in [6.07, 6.45) is 4.96. The third kappa shape index (κ3) is 2.52. The molecule has 2 fully saturated rings. The van der Waals surface area contributed by atoms with Gasteiger partial charge >= 0.3 is 5.69 Å². The van der Waals surface area contributed by atoms with E-state index < -0.39 is 22.2 Å². The molecule has 3 rings (SSSR count). The number of benzene rings is 1. The molecular weight excluding hydrogens is 266 g/mol. The van der Waals surface area contributed by atoms with Crippen molar-refractivity contribution in [2.45, 2.75) is 32.2 Å². The van der Waals surface area contributed by atoms with E-state index in [1.54, 1.807) is 0 Å². The molecule has 0 aliphatic heterocycles. The topological polar surface area (TPSA) is 55.2 Å². The summed E-state index contributed by atoms with van der Waals surface area (Å²) in [5, 5.41) is 13.8. The van der Waals surface area contributed by atoms with Gasteiger partial charge in [0.15, 0.2) is 0 Å². The number of halogens is 2. The van der Waals surface area contributed by atoms with Crippen molar-refractivity contribution in [1.82, 2.24) is 5.32 Å². The van der Waals surface area contributed by atoms with Crippen molar-refractivity contribution in [2.24, 2.45) is 11.3 Å². The zero-order valence-electron chi connectivity index (χ0n) is 11.0. The summed E-state index contributed by atoms with van der Waals surface area (Å²) >= 11 is 0. The van der Waals surface area contributed by atoms with Gasteiger partial charge < -0.3 is 5.32 Å². The van der Waals surface area contributed by atoms with Crippen LogP contribution in [0.5, 0.6) is 0 Å². The number of nitrogens with zero attached hydrogens (tertiary/aromatic N) is 1. The van der Waals surface area contributed by atoms with Crippen molar-refractivity contribution in [3.8, 4) is 0 Å². The highest BCUT2D eigenvalue weighted by molar-refractivity contribution is 5.37. The SMILES string of the molecule is O=[N+]([O-])c1cc(CNCC2(C3CC3)CC2)c(F)cc1F. The Morgan fingerprint density at radius 3 is 2.55 bits per heavy atom. The zero-order chi connectivity index (χ0) is 14.3. The van der Waals surface area contributed by atoms with Gasteiger partial charge in [-0.15, -0.1) is 0 Å². The summed E-state index contributed by atoms with van der Waals surface area (Å²) in [5.74, 6) is -1.08. The zero-order valence-corrected chi connectivity index (χ0v) is 11.0. The summed E-state index contributed by atoms with van der Waals surface area (Å²) in [6.45, 7) is 1.00. The van der Waals surface area contributed by atoms with E-state index in [4.69, 9.17) is 0 Å². The van der Waals surface area contributed by atoms with Crippen LogP contribution in [0.15, 0.2) is 12.1 Å². The lowest BCUT2D eigenvalue weighted by Gasteiger charge is -2.15. The summed E-state index contributed by atoms with van der Waals surface area (Å²) in [4.78, 5) is 9.82. The second-order valence-electron chi connectivity index (χ2n) is 5.89. The minimum Gasteiger partial charge on any atom is -0.312 e. The Balaban J connectivity index is 1.64. The second-order valence-corrected chi connectivity index (χ2v) is 5.89. The molecule has 1 N–H and O–H groups in total. The Kier molecular flexibility index (Phi) is 3.20. The highest BCUT2D eigenvalue weighted by Gasteiger charge is 2.53. The lowest BCUT2D eigenvalue weighted by molar-refractivity contribution is -0.387. The lowest BCUT2D eigenvalue weighted by atomic mass is 10.0. The van der Waals surface area contributed by atoms with E-state index in [9.17, 15) is 18.9 Å². The van der Waals surface area contributed by atoms with E-state index in [0.29, 0.717) is 11.5 Å². The van der Waals surface area contributed by atoms with Crippen molar-refractivity contribution in [3.63, 3.8) is 0 Å². The number of rotatable bonds is 6. The first-order valence-corrected chi connectivity index (χ1v) is 6.85. The van der Waals surface area contributed by atoms with Gasteiger partial charge in [-0.2, -0.15) is 4.39 Å². The van der Waals surface area contributed by atoms with Crippen LogP contribution in [0.2, 0.25) is 0 Å². The molecule has 1 aromatic rings. The van der Waals surface area contributed by atoms with Gasteiger partial charge in [-0.05, 0) is 37.0 Å². The van der Waals surface area contributed by atoms with Crippen molar-refractivity contribution in [1.29, 1.82) is 0 Å². The average Bonchev–Trinajstić information content (AvgIpc) is 3.25. The maximum atomic E-state index is 13.6. The largest absolute Gasteiger partial charge is 0.312 e. The third-order valence-electron chi connectivity index (χ3n) is 4.44. The van der Waals surface area contributed by atoms with Crippen molar-refractivity contribution >= 4 is 5.69 Å². The first kappa shape index (κ1) is 13.4. The number of hydrogen-bond donors (Lipinski definition) is 1. The molecule has 0 spiro atoms. The molecule has 108 valence electrons. The highest BCUT2D eigenvalue weighted by Crippen LogP contribution is 2.60. The van der Waals surface area contributed by atoms with Crippen LogP contribution in [-0.2, 0) is 6.54 Å². The monoisotopic (exact) mass is 282 g/mol. The van der Waals surface area contributed by atoms with Crippen LogP contribution in [0.4, 0.5) is 14.5 Å². The van der Waals surface area contributed by atoms with E-state index in [-0.39, 0.29) is 12.1 Å². The van der Waals surface area contributed by atoms with Crippen LogP contribution in [0.1, 0.15) is 31.2 Å². The minimum absolute atomic E-state index is 0.143. The fraction of sp³-hybridized carbons (Fsp3) is 0.571. The van der Waals surface area contributed by atoms with Crippen LogP contribution >= 0.6 is 0 Å².